The van der Waals surface area contributed by atoms with Crippen LogP contribution in [0.4, 0.5) is 0 Å². The molecule has 0 saturated carbocycles. The van der Waals surface area contributed by atoms with Gasteiger partial charge < -0.3 is 44.0 Å². The van der Waals surface area contributed by atoms with Crippen molar-refractivity contribution in [1.29, 1.82) is 0 Å². The van der Waals surface area contributed by atoms with Crippen molar-refractivity contribution < 1.29 is 48.2 Å². The number of benzene rings is 7. The summed E-state index contributed by atoms with van der Waals surface area (Å²) < 4.78 is 37.6. The molecular weight excluding hydrogens is 1510 g/mol. The zero-order valence-corrected chi connectivity index (χ0v) is 72.0. The highest BCUT2D eigenvalue weighted by Gasteiger charge is 2.30. The molecule has 618 valence electrons. The fourth-order valence-corrected chi connectivity index (χ4v) is 16.3. The number of phenolic OH excluding ortho intramolecular Hbond substituents is 2. The predicted molar refractivity (Wildman–Crippen MR) is 466 cm³/mol. The van der Waals surface area contributed by atoms with Crippen molar-refractivity contribution in [2.75, 3.05) is 87.5 Å². The number of amides is 2. The first-order valence-corrected chi connectivity index (χ1v) is 41.3. The standard InChI is InChI=1S/C28H38N2O3S.C26H34N4O2S.C23H28N4O2S.C13H20N2O3/c1-20(2)25-16-26(27(14-21(25)3)33-19-32-4)28(31)29-17-24(34)15-22-10-12-30(13-11-22)18-23-8-6-5-7-9-23;1-18(2)22-15-23(24(14-19(22)3)32-17-31-4)25-27-28-26(33)30(25)21-10-12-29(13-11-21)16-20-8-6-5-7-9-20;1-15(2)18-12-19(21(29)13-20(18)28)22-24-25-23(30)27(22)17-8-10-26(11-9-17)14-16-6-4-3-5-7-16;1-8(2)10-6-11(13(16)15-14)12(5-9(10)3)18-7-17-4/h5-9,14,16,20,22H,10-13,15,17-19H2,1-4H3,(H,29,31);5-9,14-15,18,21H,10-13,16-17H2,1-4H3,(H,28,33);3-7,12-13,15,17,28-29H,8-11,14H2,1-2H3,(H,25,30);5-6,8H,7,14H2,1-4H3,(H,15,16). The number of aromatic hydroxyl groups is 2. The average Bonchev–Trinajstić information content (AvgIpc) is 1.71. The van der Waals surface area contributed by atoms with Gasteiger partial charge in [0.25, 0.3) is 11.8 Å². The van der Waals surface area contributed by atoms with E-state index >= 15 is 0 Å². The van der Waals surface area contributed by atoms with E-state index in [2.05, 4.69) is 196 Å². The lowest BCUT2D eigenvalue weighted by Crippen LogP contribution is -2.35. The molecule has 2 amide bonds. The summed E-state index contributed by atoms with van der Waals surface area (Å²) in [6.07, 6.45) is 7.16. The number of piperidine rings is 3. The van der Waals surface area contributed by atoms with Crippen molar-refractivity contribution >= 4 is 53.3 Å². The van der Waals surface area contributed by atoms with Crippen LogP contribution < -0.4 is 30.8 Å². The number of nitrogens with two attached hydrogens (primary N) is 1. The second-order valence-corrected chi connectivity index (χ2v) is 32.7. The first-order chi connectivity index (χ1) is 55.3. The van der Waals surface area contributed by atoms with Crippen LogP contribution in [-0.2, 0) is 33.8 Å². The number of aryl methyl sites for hydroxylation is 3. The van der Waals surface area contributed by atoms with Crippen LogP contribution in [0.25, 0.3) is 22.8 Å². The van der Waals surface area contributed by atoms with Crippen LogP contribution in [0.15, 0.2) is 140 Å². The van der Waals surface area contributed by atoms with E-state index in [1.54, 1.807) is 14.2 Å². The molecule has 3 aliphatic rings. The minimum absolute atomic E-state index is 0.00802. The maximum Gasteiger partial charge on any atom is 0.268 e. The number of hydrazine groups is 1. The van der Waals surface area contributed by atoms with Crippen LogP contribution in [0.2, 0.25) is 0 Å². The summed E-state index contributed by atoms with van der Waals surface area (Å²) in [5, 5.41) is 38.8. The molecule has 115 heavy (non-hydrogen) atoms. The second kappa shape index (κ2) is 44.4. The zero-order valence-electron chi connectivity index (χ0n) is 69.6. The molecule has 3 fully saturated rings. The minimum Gasteiger partial charge on any atom is -0.508 e. The maximum atomic E-state index is 13.0. The van der Waals surface area contributed by atoms with E-state index in [-0.39, 0.29) is 55.7 Å². The Bertz CT molecular complexity index is 4720. The van der Waals surface area contributed by atoms with E-state index in [0.717, 1.165) is 154 Å². The first-order valence-electron chi connectivity index (χ1n) is 40.1. The summed E-state index contributed by atoms with van der Waals surface area (Å²) >= 11 is 16.9. The van der Waals surface area contributed by atoms with Gasteiger partial charge in [0, 0.05) is 96.7 Å². The normalized spacial score (nSPS) is 14.5. The van der Waals surface area contributed by atoms with Crippen molar-refractivity contribution in [3.8, 4) is 51.5 Å². The Morgan fingerprint density at radius 3 is 1.23 bits per heavy atom. The molecule has 9 aromatic rings. The number of carbonyl (C=O) groups is 2. The highest BCUT2D eigenvalue weighted by Crippen LogP contribution is 2.41. The van der Waals surface area contributed by atoms with Gasteiger partial charge in [0.2, 0.25) is 0 Å². The SMILES string of the molecule is CC(C)c1cc(-c2n[nH]c(=S)n2C2CCN(Cc3ccccc3)CC2)c(O)cc1O.COCOc1cc(C)c(C(C)C)cc1-c1n[nH]c(=S)n1C1CCN(Cc2ccccc2)CC1.COCOc1cc(C)c(C(C)C)cc1C(=O)NCC(=S)CC1CCN(Cc2ccccc2)CC1.COCOc1cc(C)c(C(C)C)cc1C(=O)NN. The van der Waals surface area contributed by atoms with E-state index in [9.17, 15) is 19.8 Å². The van der Waals surface area contributed by atoms with E-state index in [0.29, 0.717) is 79.8 Å². The van der Waals surface area contributed by atoms with Crippen LogP contribution >= 0.6 is 36.7 Å². The molecule has 7 aromatic carbocycles. The molecule has 22 nitrogen and oxygen atoms in total. The van der Waals surface area contributed by atoms with Crippen LogP contribution in [0.3, 0.4) is 0 Å². The lowest BCUT2D eigenvalue weighted by molar-refractivity contribution is 0.0498. The van der Waals surface area contributed by atoms with E-state index in [1.807, 2.05) is 68.7 Å². The number of hydrogen-bond donors (Lipinski definition) is 7. The van der Waals surface area contributed by atoms with Gasteiger partial charge in [-0.3, -0.25) is 49.0 Å². The number of phenols is 2. The number of rotatable bonds is 29. The number of hydrogen-bond acceptors (Lipinski definition) is 19. The van der Waals surface area contributed by atoms with Crippen LogP contribution in [0, 0.1) is 36.2 Å². The first kappa shape index (κ1) is 89.9. The second-order valence-electron chi connectivity index (χ2n) is 31.3. The van der Waals surface area contributed by atoms with Crippen molar-refractivity contribution in [1.82, 2.24) is 55.0 Å². The van der Waals surface area contributed by atoms with Crippen LogP contribution in [0.1, 0.15) is 212 Å². The van der Waals surface area contributed by atoms with Crippen molar-refractivity contribution in [2.45, 2.75) is 176 Å². The zero-order chi connectivity index (χ0) is 82.8. The summed E-state index contributed by atoms with van der Waals surface area (Å²) in [5.74, 6) is 9.76. The minimum atomic E-state index is -0.372. The molecule has 2 aromatic heterocycles. The van der Waals surface area contributed by atoms with Crippen LogP contribution in [0.5, 0.6) is 28.7 Å². The summed E-state index contributed by atoms with van der Waals surface area (Å²) in [4.78, 5) is 33.2. The van der Waals surface area contributed by atoms with Crippen molar-refractivity contribution in [2.24, 2.45) is 11.8 Å². The van der Waals surface area contributed by atoms with Gasteiger partial charge in [-0.25, -0.2) is 5.84 Å². The molecule has 0 radical (unpaired) electrons. The summed E-state index contributed by atoms with van der Waals surface area (Å²) in [5.41, 5.74) is 16.4. The number of nitrogen functional groups attached to an aromatic ring is 1. The number of aromatic nitrogens is 6. The van der Waals surface area contributed by atoms with Crippen molar-refractivity contribution in [3.05, 3.63) is 216 Å². The Kier molecular flexibility index (Phi) is 34.7. The van der Waals surface area contributed by atoms with Gasteiger partial charge in [-0.15, -0.1) is 0 Å². The number of likely N-dealkylation sites (tertiary alicyclic amines) is 3. The third kappa shape index (κ3) is 25.3. The lowest BCUT2D eigenvalue weighted by atomic mass is 9.91. The molecular formula is C90H120N12O10S3. The third-order valence-corrected chi connectivity index (χ3v) is 22.4. The Hall–Kier alpha value is -8.99. The number of H-pyrrole nitrogens is 2. The van der Waals surface area contributed by atoms with Crippen molar-refractivity contribution in [3.63, 3.8) is 0 Å². The van der Waals surface area contributed by atoms with Crippen LogP contribution in [-0.4, -0.2) is 159 Å². The Balaban J connectivity index is 0.000000179. The molecule has 0 aliphatic carbocycles. The van der Waals surface area contributed by atoms with Gasteiger partial charge in [-0.2, -0.15) is 10.2 Å². The fourth-order valence-electron chi connectivity index (χ4n) is 15.4. The number of nitrogens with one attached hydrogen (secondary N) is 4. The number of nitrogens with zero attached hydrogens (tertiary/aromatic N) is 7. The Morgan fingerprint density at radius 1 is 0.487 bits per heavy atom. The van der Waals surface area contributed by atoms with E-state index in [1.165, 1.54) is 41.0 Å². The summed E-state index contributed by atoms with van der Waals surface area (Å²) in [6, 6.07) is 47.4. The molecule has 8 N–H and O–H groups in total. The predicted octanol–water partition coefficient (Wildman–Crippen LogP) is 18.0. The quantitative estimate of drug-likeness (QED) is 0.00756. The van der Waals surface area contributed by atoms with Gasteiger partial charge in [0.1, 0.15) is 28.7 Å². The highest BCUT2D eigenvalue weighted by molar-refractivity contribution is 7.80. The molecule has 0 unspecified atom stereocenters. The monoisotopic (exact) mass is 1620 g/mol. The largest absolute Gasteiger partial charge is 0.508 e. The van der Waals surface area contributed by atoms with Gasteiger partial charge in [0.05, 0.1) is 22.3 Å². The van der Waals surface area contributed by atoms with E-state index in [4.69, 9.17) is 70.9 Å². The average molecular weight is 1630 g/mol. The smallest absolute Gasteiger partial charge is 0.268 e. The summed E-state index contributed by atoms with van der Waals surface area (Å²) in [7, 11) is 4.73. The third-order valence-electron chi connectivity index (χ3n) is 21.5. The summed E-state index contributed by atoms with van der Waals surface area (Å²) in [6.45, 7) is 32.9. The Labute approximate surface area is 695 Å². The topological polar surface area (TPSA) is 257 Å². The number of carbonyl (C=O) groups excluding carboxylic acids is 2. The fraction of sp³-hybridized carbons (Fsp3) is 0.456. The molecule has 3 saturated heterocycles. The number of methoxy groups -OCH3 is 3. The number of ether oxygens (including phenoxy) is 6. The molecule has 25 heteroatoms. The molecule has 0 atom stereocenters. The van der Waals surface area contributed by atoms with Gasteiger partial charge in [-0.1, -0.05) is 159 Å². The number of aromatic amines is 2. The maximum absolute atomic E-state index is 13.0. The van der Waals surface area contributed by atoms with Gasteiger partial charge in [-0.05, 0) is 231 Å². The lowest BCUT2D eigenvalue weighted by Gasteiger charge is -2.33. The van der Waals surface area contributed by atoms with E-state index < -0.39 is 0 Å². The molecule has 3 aliphatic heterocycles. The van der Waals surface area contributed by atoms with Gasteiger partial charge in [0.15, 0.2) is 41.6 Å². The van der Waals surface area contributed by atoms with Gasteiger partial charge >= 0.3 is 0 Å². The molecule has 0 spiro atoms. The Morgan fingerprint density at radius 2 is 0.843 bits per heavy atom. The molecule has 12 rings (SSSR count). The highest BCUT2D eigenvalue weighted by atomic mass is 32.1. The number of thiocarbonyl (C=S) groups is 1. The molecule has 0 bridgehead atoms. The molecule has 5 heterocycles.